The average Bonchev–Trinajstić information content (AvgIpc) is 3.20. The second-order valence-electron chi connectivity index (χ2n) is 6.29. The standard InChI is InChI=1S/C21H18FN3O4/c1-12-5-6-14(10-17(12)25-21(28)19-4-3-9-29-19)20(27)24-15-7-8-16(22)18(11-15)23-13(2)26/h3-11H,1-2H3,(H,23,26)(H,24,27)(H,25,28). The van der Waals surface area contributed by atoms with Crippen LogP contribution in [0.5, 0.6) is 0 Å². The lowest BCUT2D eigenvalue weighted by Crippen LogP contribution is -2.15. The zero-order valence-electron chi connectivity index (χ0n) is 15.7. The van der Waals surface area contributed by atoms with Crippen molar-refractivity contribution in [1.82, 2.24) is 0 Å². The molecule has 0 atom stereocenters. The summed E-state index contributed by atoms with van der Waals surface area (Å²) in [6.45, 7) is 3.05. The van der Waals surface area contributed by atoms with Gasteiger partial charge in [0.15, 0.2) is 5.76 Å². The van der Waals surface area contributed by atoms with E-state index in [-0.39, 0.29) is 17.0 Å². The monoisotopic (exact) mass is 395 g/mol. The second-order valence-corrected chi connectivity index (χ2v) is 6.29. The molecular formula is C21H18FN3O4. The minimum atomic E-state index is -0.614. The lowest BCUT2D eigenvalue weighted by Gasteiger charge is -2.11. The lowest BCUT2D eigenvalue weighted by molar-refractivity contribution is -0.114. The van der Waals surface area contributed by atoms with Crippen molar-refractivity contribution in [2.24, 2.45) is 0 Å². The van der Waals surface area contributed by atoms with E-state index in [4.69, 9.17) is 4.42 Å². The molecule has 2 aromatic carbocycles. The van der Waals surface area contributed by atoms with Crippen LogP contribution in [0.3, 0.4) is 0 Å². The Morgan fingerprint density at radius 2 is 1.69 bits per heavy atom. The Morgan fingerprint density at radius 1 is 0.897 bits per heavy atom. The first-order valence-corrected chi connectivity index (χ1v) is 8.67. The van der Waals surface area contributed by atoms with Crippen LogP contribution in [-0.4, -0.2) is 17.7 Å². The number of rotatable bonds is 5. The zero-order chi connectivity index (χ0) is 21.0. The Bertz CT molecular complexity index is 1080. The first-order chi connectivity index (χ1) is 13.8. The summed E-state index contributed by atoms with van der Waals surface area (Å²) in [5.74, 6) is -1.79. The molecule has 0 fully saturated rings. The molecule has 3 amide bonds. The van der Waals surface area contributed by atoms with Crippen molar-refractivity contribution >= 4 is 34.8 Å². The number of nitrogens with one attached hydrogen (secondary N) is 3. The summed E-state index contributed by atoms with van der Waals surface area (Å²) < 4.78 is 18.8. The summed E-state index contributed by atoms with van der Waals surface area (Å²) in [6.07, 6.45) is 1.39. The van der Waals surface area contributed by atoms with E-state index in [2.05, 4.69) is 16.0 Å². The van der Waals surface area contributed by atoms with Crippen LogP contribution in [0.1, 0.15) is 33.4 Å². The van der Waals surface area contributed by atoms with Gasteiger partial charge in [-0.3, -0.25) is 14.4 Å². The van der Waals surface area contributed by atoms with Gasteiger partial charge < -0.3 is 20.4 Å². The van der Waals surface area contributed by atoms with Gasteiger partial charge in [0.2, 0.25) is 5.91 Å². The number of furan rings is 1. The SMILES string of the molecule is CC(=O)Nc1cc(NC(=O)c2ccc(C)c(NC(=O)c3ccco3)c2)ccc1F. The van der Waals surface area contributed by atoms with E-state index in [0.717, 1.165) is 11.6 Å². The van der Waals surface area contributed by atoms with Crippen LogP contribution in [0, 0.1) is 12.7 Å². The predicted octanol–water partition coefficient (Wildman–Crippen LogP) is 4.19. The summed E-state index contributed by atoms with van der Waals surface area (Å²) in [5.41, 5.74) is 1.77. The number of hydrogen-bond acceptors (Lipinski definition) is 4. The van der Waals surface area contributed by atoms with E-state index in [1.807, 2.05) is 0 Å². The van der Waals surface area contributed by atoms with Crippen LogP contribution in [0.15, 0.2) is 59.2 Å². The molecule has 148 valence electrons. The molecule has 0 bridgehead atoms. The first kappa shape index (κ1) is 19.8. The fourth-order valence-electron chi connectivity index (χ4n) is 2.58. The van der Waals surface area contributed by atoms with E-state index in [1.165, 1.54) is 37.5 Å². The van der Waals surface area contributed by atoms with Crippen LogP contribution >= 0.6 is 0 Å². The van der Waals surface area contributed by atoms with Crippen LogP contribution in [-0.2, 0) is 4.79 Å². The van der Waals surface area contributed by atoms with Gasteiger partial charge in [0.05, 0.1) is 12.0 Å². The van der Waals surface area contributed by atoms with E-state index >= 15 is 0 Å². The van der Waals surface area contributed by atoms with Crippen LogP contribution in [0.25, 0.3) is 0 Å². The van der Waals surface area contributed by atoms with E-state index in [1.54, 1.807) is 25.1 Å². The van der Waals surface area contributed by atoms with Crippen molar-refractivity contribution in [3.05, 3.63) is 77.5 Å². The van der Waals surface area contributed by atoms with E-state index in [9.17, 15) is 18.8 Å². The maximum atomic E-state index is 13.8. The molecule has 0 spiro atoms. The molecule has 0 unspecified atom stereocenters. The van der Waals surface area contributed by atoms with Crippen molar-refractivity contribution in [3.63, 3.8) is 0 Å². The van der Waals surface area contributed by atoms with Gasteiger partial charge in [-0.1, -0.05) is 6.07 Å². The van der Waals surface area contributed by atoms with Crippen molar-refractivity contribution in [2.75, 3.05) is 16.0 Å². The number of halogens is 1. The third kappa shape index (κ3) is 4.86. The van der Waals surface area contributed by atoms with Gasteiger partial charge in [0.1, 0.15) is 5.82 Å². The average molecular weight is 395 g/mol. The molecule has 0 saturated heterocycles. The number of benzene rings is 2. The third-order valence-corrected chi connectivity index (χ3v) is 4.03. The van der Waals surface area contributed by atoms with Crippen LogP contribution in [0.4, 0.5) is 21.5 Å². The number of amides is 3. The van der Waals surface area contributed by atoms with E-state index < -0.39 is 23.5 Å². The fourth-order valence-corrected chi connectivity index (χ4v) is 2.58. The molecular weight excluding hydrogens is 377 g/mol. The number of anilines is 3. The maximum absolute atomic E-state index is 13.8. The van der Waals surface area contributed by atoms with Crippen LogP contribution in [0.2, 0.25) is 0 Å². The minimum absolute atomic E-state index is 0.0365. The molecule has 8 heteroatoms. The Morgan fingerprint density at radius 3 is 2.38 bits per heavy atom. The molecule has 0 aliphatic carbocycles. The summed E-state index contributed by atoms with van der Waals surface area (Å²) in [7, 11) is 0. The number of carbonyl (C=O) groups excluding carboxylic acids is 3. The summed E-state index contributed by atoms with van der Waals surface area (Å²) in [5, 5.41) is 7.70. The van der Waals surface area contributed by atoms with Gasteiger partial charge in [-0.2, -0.15) is 0 Å². The first-order valence-electron chi connectivity index (χ1n) is 8.67. The number of aryl methyl sites for hydroxylation is 1. The Balaban J connectivity index is 1.78. The van der Waals surface area contributed by atoms with Crippen LogP contribution < -0.4 is 16.0 Å². The van der Waals surface area contributed by atoms with Gasteiger partial charge in [0.25, 0.3) is 11.8 Å². The number of hydrogen-bond donors (Lipinski definition) is 3. The van der Waals surface area contributed by atoms with Gasteiger partial charge >= 0.3 is 0 Å². The largest absolute Gasteiger partial charge is 0.459 e. The third-order valence-electron chi connectivity index (χ3n) is 4.03. The summed E-state index contributed by atoms with van der Waals surface area (Å²) in [4.78, 5) is 35.9. The van der Waals surface area contributed by atoms with Crippen molar-refractivity contribution in [2.45, 2.75) is 13.8 Å². The Kier molecular flexibility index (Phi) is 5.73. The molecule has 1 aromatic heterocycles. The fraction of sp³-hybridized carbons (Fsp3) is 0.0952. The second kappa shape index (κ2) is 8.39. The lowest BCUT2D eigenvalue weighted by atomic mass is 10.1. The highest BCUT2D eigenvalue weighted by atomic mass is 19.1. The molecule has 0 aliphatic heterocycles. The Hall–Kier alpha value is -3.94. The molecule has 3 aromatic rings. The molecule has 0 saturated carbocycles. The quantitative estimate of drug-likeness (QED) is 0.603. The van der Waals surface area contributed by atoms with Gasteiger partial charge in [0, 0.05) is 23.9 Å². The molecule has 29 heavy (non-hydrogen) atoms. The number of carbonyl (C=O) groups is 3. The van der Waals surface area contributed by atoms with Gasteiger partial charge in [-0.15, -0.1) is 0 Å². The Labute approximate surface area is 165 Å². The van der Waals surface area contributed by atoms with Crippen molar-refractivity contribution < 1.29 is 23.2 Å². The molecule has 0 aliphatic rings. The zero-order valence-corrected chi connectivity index (χ0v) is 15.7. The topological polar surface area (TPSA) is 100 Å². The molecule has 0 radical (unpaired) electrons. The molecule has 3 rings (SSSR count). The highest BCUT2D eigenvalue weighted by Gasteiger charge is 2.14. The minimum Gasteiger partial charge on any atom is -0.459 e. The maximum Gasteiger partial charge on any atom is 0.291 e. The highest BCUT2D eigenvalue weighted by molar-refractivity contribution is 6.07. The predicted molar refractivity (Wildman–Crippen MR) is 106 cm³/mol. The highest BCUT2D eigenvalue weighted by Crippen LogP contribution is 2.22. The molecule has 7 nitrogen and oxygen atoms in total. The van der Waals surface area contributed by atoms with Gasteiger partial charge in [-0.25, -0.2) is 4.39 Å². The molecule has 1 heterocycles. The van der Waals surface area contributed by atoms with Gasteiger partial charge in [-0.05, 0) is 55.0 Å². The summed E-state index contributed by atoms with van der Waals surface area (Å²) >= 11 is 0. The smallest absolute Gasteiger partial charge is 0.291 e. The summed E-state index contributed by atoms with van der Waals surface area (Å²) in [6, 6.07) is 11.8. The molecule has 3 N–H and O–H groups in total. The van der Waals surface area contributed by atoms with Crippen molar-refractivity contribution in [3.8, 4) is 0 Å². The van der Waals surface area contributed by atoms with E-state index in [0.29, 0.717) is 11.4 Å². The van der Waals surface area contributed by atoms with Crippen molar-refractivity contribution in [1.29, 1.82) is 0 Å². The normalized spacial score (nSPS) is 10.3.